The van der Waals surface area contributed by atoms with E-state index in [0.29, 0.717) is 31.8 Å². The zero-order valence-electron chi connectivity index (χ0n) is 16.7. The second kappa shape index (κ2) is 8.32. The summed E-state index contributed by atoms with van der Waals surface area (Å²) < 4.78 is 34.7. The standard InChI is InChI=1S/C22H27NO5S/c1-29(25,26)20-8-6-16(7-9-20)14-28-22-15-27-19(10-21(22)24)13-23-11-17-4-2-3-5-18(17)12-23/h2-5,10,15-16,20H,6-9,11-14H2,1H3. The van der Waals surface area contributed by atoms with Gasteiger partial charge in [0.15, 0.2) is 0 Å². The lowest BCUT2D eigenvalue weighted by atomic mass is 9.89. The van der Waals surface area contributed by atoms with E-state index in [0.717, 1.165) is 25.9 Å². The first-order chi connectivity index (χ1) is 13.9. The number of hydrogen-bond donors (Lipinski definition) is 0. The third kappa shape index (κ3) is 4.90. The molecule has 2 aromatic rings. The number of rotatable bonds is 6. The van der Waals surface area contributed by atoms with Crippen LogP contribution in [0.4, 0.5) is 0 Å². The van der Waals surface area contributed by atoms with Crippen LogP contribution in [0.5, 0.6) is 5.75 Å². The molecule has 0 unspecified atom stereocenters. The smallest absolute Gasteiger partial charge is 0.227 e. The average Bonchev–Trinajstić information content (AvgIpc) is 3.09. The number of sulfone groups is 1. The van der Waals surface area contributed by atoms with Gasteiger partial charge in [0.2, 0.25) is 11.2 Å². The van der Waals surface area contributed by atoms with E-state index in [1.807, 2.05) is 12.1 Å². The minimum Gasteiger partial charge on any atom is -0.486 e. The molecule has 0 atom stereocenters. The molecule has 0 bridgehead atoms. The van der Waals surface area contributed by atoms with Gasteiger partial charge in [-0.1, -0.05) is 24.3 Å². The predicted molar refractivity (Wildman–Crippen MR) is 110 cm³/mol. The molecule has 1 fully saturated rings. The maximum atomic E-state index is 12.4. The number of benzene rings is 1. The van der Waals surface area contributed by atoms with E-state index in [9.17, 15) is 13.2 Å². The molecular formula is C22H27NO5S. The maximum Gasteiger partial charge on any atom is 0.227 e. The van der Waals surface area contributed by atoms with Gasteiger partial charge in [-0.25, -0.2) is 8.42 Å². The second-order valence-corrected chi connectivity index (χ2v) is 10.6. The highest BCUT2D eigenvalue weighted by Gasteiger charge is 2.28. The Morgan fingerprint density at radius 1 is 1.10 bits per heavy atom. The zero-order valence-corrected chi connectivity index (χ0v) is 17.5. The largest absolute Gasteiger partial charge is 0.486 e. The minimum atomic E-state index is -2.97. The fourth-order valence-corrected chi connectivity index (χ4v) is 5.43. The van der Waals surface area contributed by atoms with E-state index >= 15 is 0 Å². The van der Waals surface area contributed by atoms with Gasteiger partial charge in [0.1, 0.15) is 21.9 Å². The van der Waals surface area contributed by atoms with Crippen molar-refractivity contribution in [2.75, 3.05) is 12.9 Å². The van der Waals surface area contributed by atoms with Crippen molar-refractivity contribution in [3.63, 3.8) is 0 Å². The summed E-state index contributed by atoms with van der Waals surface area (Å²) in [5, 5.41) is -0.236. The van der Waals surface area contributed by atoms with E-state index < -0.39 is 9.84 Å². The first-order valence-corrected chi connectivity index (χ1v) is 12.1. The van der Waals surface area contributed by atoms with Crippen molar-refractivity contribution in [3.8, 4) is 5.75 Å². The van der Waals surface area contributed by atoms with Crippen molar-refractivity contribution in [1.82, 2.24) is 4.90 Å². The minimum absolute atomic E-state index is 0.173. The highest BCUT2D eigenvalue weighted by atomic mass is 32.2. The van der Waals surface area contributed by atoms with Crippen LogP contribution in [0, 0.1) is 5.92 Å². The van der Waals surface area contributed by atoms with Crippen LogP contribution in [0.1, 0.15) is 42.6 Å². The van der Waals surface area contributed by atoms with Crippen LogP contribution in [0.3, 0.4) is 0 Å². The van der Waals surface area contributed by atoms with Crippen molar-refractivity contribution in [2.45, 2.75) is 50.6 Å². The first kappa shape index (κ1) is 20.2. The lowest BCUT2D eigenvalue weighted by molar-refractivity contribution is 0.200. The van der Waals surface area contributed by atoms with E-state index in [4.69, 9.17) is 9.15 Å². The summed E-state index contributed by atoms with van der Waals surface area (Å²) in [7, 11) is -2.97. The number of ether oxygens (including phenoxy) is 1. The van der Waals surface area contributed by atoms with Crippen molar-refractivity contribution in [2.24, 2.45) is 5.92 Å². The van der Waals surface area contributed by atoms with Crippen molar-refractivity contribution >= 4 is 9.84 Å². The molecule has 1 aliphatic carbocycles. The molecule has 29 heavy (non-hydrogen) atoms. The number of fused-ring (bicyclic) bond motifs is 1. The van der Waals surface area contributed by atoms with Crippen LogP contribution in [-0.4, -0.2) is 31.4 Å². The summed E-state index contributed by atoms with van der Waals surface area (Å²) in [5.74, 6) is 1.13. The molecule has 2 heterocycles. The molecule has 0 spiro atoms. The molecule has 1 aromatic carbocycles. The van der Waals surface area contributed by atoms with E-state index in [1.54, 1.807) is 0 Å². The summed E-state index contributed by atoms with van der Waals surface area (Å²) in [6.45, 7) is 2.71. The summed E-state index contributed by atoms with van der Waals surface area (Å²) in [6, 6.07) is 9.86. The van der Waals surface area contributed by atoms with E-state index in [1.165, 1.54) is 29.7 Å². The summed E-state index contributed by atoms with van der Waals surface area (Å²) in [4.78, 5) is 14.6. The number of nitrogens with zero attached hydrogens (tertiary/aromatic N) is 1. The lowest BCUT2D eigenvalue weighted by Gasteiger charge is -2.27. The van der Waals surface area contributed by atoms with Crippen LogP contribution in [0.25, 0.3) is 0 Å². The van der Waals surface area contributed by atoms with Crippen LogP contribution in [0.2, 0.25) is 0 Å². The van der Waals surface area contributed by atoms with Gasteiger partial charge in [0.25, 0.3) is 0 Å². The molecule has 1 saturated carbocycles. The molecule has 0 radical (unpaired) electrons. The van der Waals surface area contributed by atoms with Gasteiger partial charge >= 0.3 is 0 Å². The summed E-state index contributed by atoms with van der Waals surface area (Å²) in [6.07, 6.45) is 5.65. The normalized spacial score (nSPS) is 22.4. The molecule has 1 aromatic heterocycles. The zero-order chi connectivity index (χ0) is 20.4. The predicted octanol–water partition coefficient (Wildman–Crippen LogP) is 3.14. The summed E-state index contributed by atoms with van der Waals surface area (Å²) in [5.41, 5.74) is 2.47. The SMILES string of the molecule is CS(=O)(=O)C1CCC(COc2coc(CN3Cc4ccccc4C3)cc2=O)CC1. The quantitative estimate of drug-likeness (QED) is 0.719. The van der Waals surface area contributed by atoms with Gasteiger partial charge in [-0.2, -0.15) is 0 Å². The topological polar surface area (TPSA) is 76.8 Å². The molecule has 6 nitrogen and oxygen atoms in total. The average molecular weight is 418 g/mol. The Morgan fingerprint density at radius 2 is 1.76 bits per heavy atom. The molecule has 0 N–H and O–H groups in total. The molecular weight excluding hydrogens is 390 g/mol. The molecule has 1 aliphatic heterocycles. The lowest BCUT2D eigenvalue weighted by Crippen LogP contribution is -2.28. The van der Waals surface area contributed by atoms with Gasteiger partial charge in [-0.15, -0.1) is 0 Å². The van der Waals surface area contributed by atoms with Crippen LogP contribution in [-0.2, 0) is 29.5 Å². The molecule has 4 rings (SSSR count). The highest BCUT2D eigenvalue weighted by Crippen LogP contribution is 2.29. The van der Waals surface area contributed by atoms with Crippen LogP contribution < -0.4 is 10.2 Å². The highest BCUT2D eigenvalue weighted by molar-refractivity contribution is 7.91. The van der Waals surface area contributed by atoms with Gasteiger partial charge < -0.3 is 9.15 Å². The van der Waals surface area contributed by atoms with Gasteiger partial charge in [-0.3, -0.25) is 9.69 Å². The third-order valence-electron chi connectivity index (χ3n) is 6.01. The van der Waals surface area contributed by atoms with Crippen molar-refractivity contribution in [1.29, 1.82) is 0 Å². The van der Waals surface area contributed by atoms with Crippen LogP contribution >= 0.6 is 0 Å². The van der Waals surface area contributed by atoms with Gasteiger partial charge in [-0.05, 0) is 42.7 Å². The molecule has 2 aliphatic rings. The maximum absolute atomic E-state index is 12.4. The van der Waals surface area contributed by atoms with E-state index in [-0.39, 0.29) is 22.3 Å². The fraction of sp³-hybridized carbons (Fsp3) is 0.500. The Labute approximate surface area is 171 Å². The van der Waals surface area contributed by atoms with Gasteiger partial charge in [0, 0.05) is 25.4 Å². The molecule has 7 heteroatoms. The Kier molecular flexibility index (Phi) is 5.79. The van der Waals surface area contributed by atoms with Gasteiger partial charge in [0.05, 0.1) is 18.4 Å². The second-order valence-electron chi connectivity index (χ2n) is 8.27. The Morgan fingerprint density at radius 3 is 2.34 bits per heavy atom. The number of hydrogen-bond acceptors (Lipinski definition) is 6. The molecule has 156 valence electrons. The Bertz CT molecular complexity index is 996. The first-order valence-electron chi connectivity index (χ1n) is 10.1. The van der Waals surface area contributed by atoms with E-state index in [2.05, 4.69) is 17.0 Å². The molecule has 0 saturated heterocycles. The summed E-state index contributed by atoms with van der Waals surface area (Å²) >= 11 is 0. The Hall–Kier alpha value is -2.12. The molecule has 0 amide bonds. The third-order valence-corrected chi connectivity index (χ3v) is 7.69. The van der Waals surface area contributed by atoms with Crippen molar-refractivity contribution in [3.05, 3.63) is 63.7 Å². The Balaban J connectivity index is 1.29. The van der Waals surface area contributed by atoms with Crippen LogP contribution in [0.15, 0.2) is 45.8 Å². The fourth-order valence-electron chi connectivity index (χ4n) is 4.30. The van der Waals surface area contributed by atoms with Crippen molar-refractivity contribution < 1.29 is 17.6 Å². The monoisotopic (exact) mass is 417 g/mol.